The van der Waals surface area contributed by atoms with E-state index in [-0.39, 0.29) is 0 Å². The van der Waals surface area contributed by atoms with Gasteiger partial charge >= 0.3 is 5.97 Å². The van der Waals surface area contributed by atoms with Crippen LogP contribution in [0.2, 0.25) is 5.02 Å². The number of methoxy groups -OCH3 is 1. The van der Waals surface area contributed by atoms with Gasteiger partial charge in [0.05, 0.1) is 12.7 Å². The molecule has 0 saturated heterocycles. The van der Waals surface area contributed by atoms with E-state index in [9.17, 15) is 4.79 Å². The summed E-state index contributed by atoms with van der Waals surface area (Å²) >= 11 is 5.92. The molecule has 2 aromatic rings. The van der Waals surface area contributed by atoms with Gasteiger partial charge in [0.1, 0.15) is 6.04 Å². The molecule has 8 heteroatoms. The van der Waals surface area contributed by atoms with Gasteiger partial charge in [-0.2, -0.15) is 4.68 Å². The third-order valence-corrected chi connectivity index (χ3v) is 3.56. The van der Waals surface area contributed by atoms with E-state index in [1.165, 1.54) is 7.11 Å². The number of benzene rings is 1. The minimum absolute atomic E-state index is 0.430. The minimum Gasteiger partial charge on any atom is -0.466 e. The predicted octanol–water partition coefficient (Wildman–Crippen LogP) is 1.79. The Morgan fingerprint density at radius 2 is 2.10 bits per heavy atom. The Bertz CT molecular complexity index is 722. The van der Waals surface area contributed by atoms with Gasteiger partial charge in [-0.25, -0.2) is 4.79 Å². The number of fused-ring (bicyclic) bond motifs is 1. The number of rotatable bonds is 2. The molecule has 3 rings (SSSR count). The molecule has 1 unspecified atom stereocenters. The molecule has 108 valence electrons. The van der Waals surface area contributed by atoms with Crippen molar-refractivity contribution in [3.05, 3.63) is 46.1 Å². The third-order valence-electron chi connectivity index (χ3n) is 3.31. The quantitative estimate of drug-likeness (QED) is 0.852. The summed E-state index contributed by atoms with van der Waals surface area (Å²) in [6, 6.07) is 6.72. The zero-order valence-corrected chi connectivity index (χ0v) is 12.1. The summed E-state index contributed by atoms with van der Waals surface area (Å²) < 4.78 is 6.43. The van der Waals surface area contributed by atoms with Gasteiger partial charge in [-0.1, -0.05) is 28.8 Å². The van der Waals surface area contributed by atoms with Crippen molar-refractivity contribution in [2.75, 3.05) is 12.4 Å². The van der Waals surface area contributed by atoms with Crippen LogP contribution < -0.4 is 5.32 Å². The molecule has 0 radical (unpaired) electrons. The lowest BCUT2D eigenvalue weighted by atomic mass is 9.96. The van der Waals surface area contributed by atoms with Gasteiger partial charge < -0.3 is 10.1 Å². The van der Waals surface area contributed by atoms with E-state index in [0.29, 0.717) is 22.2 Å². The fourth-order valence-electron chi connectivity index (χ4n) is 2.34. The van der Waals surface area contributed by atoms with Crippen LogP contribution in [0.25, 0.3) is 0 Å². The lowest BCUT2D eigenvalue weighted by molar-refractivity contribution is -0.136. The normalized spacial score (nSPS) is 17.2. The number of nitrogens with zero attached hydrogens (tertiary/aromatic N) is 4. The summed E-state index contributed by atoms with van der Waals surface area (Å²) in [6.07, 6.45) is 0. The molecule has 1 N–H and O–H groups in total. The van der Waals surface area contributed by atoms with Crippen LogP contribution in [0.5, 0.6) is 0 Å². The molecule has 1 aliphatic heterocycles. The molecule has 0 fully saturated rings. The minimum atomic E-state index is -0.457. The second-order valence-corrected chi connectivity index (χ2v) is 4.99. The van der Waals surface area contributed by atoms with Crippen molar-refractivity contribution < 1.29 is 9.53 Å². The zero-order chi connectivity index (χ0) is 15.0. The first-order valence-corrected chi connectivity index (χ1v) is 6.59. The smallest absolute Gasteiger partial charge is 0.338 e. The topological polar surface area (TPSA) is 81.9 Å². The molecular weight excluding hydrogens is 294 g/mol. The van der Waals surface area contributed by atoms with Crippen molar-refractivity contribution in [1.82, 2.24) is 20.2 Å². The Morgan fingerprint density at radius 1 is 1.38 bits per heavy atom. The molecule has 0 aliphatic carbocycles. The van der Waals surface area contributed by atoms with Gasteiger partial charge in [0.15, 0.2) is 0 Å². The fraction of sp³-hybridized carbons (Fsp3) is 0.231. The highest BCUT2D eigenvalue weighted by Crippen LogP contribution is 2.34. The van der Waals surface area contributed by atoms with E-state index in [2.05, 4.69) is 20.8 Å². The van der Waals surface area contributed by atoms with E-state index >= 15 is 0 Å². The van der Waals surface area contributed by atoms with Crippen molar-refractivity contribution in [2.24, 2.45) is 0 Å². The average molecular weight is 306 g/mol. The maximum Gasteiger partial charge on any atom is 0.338 e. The lowest BCUT2D eigenvalue weighted by Crippen LogP contribution is -2.29. The highest BCUT2D eigenvalue weighted by molar-refractivity contribution is 6.30. The van der Waals surface area contributed by atoms with E-state index in [0.717, 1.165) is 5.56 Å². The number of nitrogens with one attached hydrogen (secondary N) is 1. The molecule has 1 aromatic carbocycles. The number of carbonyl (C=O) groups excluding carboxylic acids is 1. The summed E-state index contributed by atoms with van der Waals surface area (Å²) in [7, 11) is 1.34. The van der Waals surface area contributed by atoms with Crippen LogP contribution in [0.4, 0.5) is 5.95 Å². The molecule has 1 aliphatic rings. The van der Waals surface area contributed by atoms with Gasteiger partial charge in [-0.05, 0) is 35.0 Å². The standard InChI is InChI=1S/C13H12ClN5O2/c1-7-10(12(20)21-2)11(8-3-5-9(14)6-4-8)19-13(15-7)16-17-18-19/h3-6,11H,1-2H3,(H,15,16,18). The van der Waals surface area contributed by atoms with Crippen LogP contribution in [-0.2, 0) is 9.53 Å². The van der Waals surface area contributed by atoms with Crippen LogP contribution in [0.15, 0.2) is 35.5 Å². The van der Waals surface area contributed by atoms with Gasteiger partial charge in [0.25, 0.3) is 0 Å². The molecule has 0 bridgehead atoms. The predicted molar refractivity (Wildman–Crippen MR) is 75.7 cm³/mol. The fourth-order valence-corrected chi connectivity index (χ4v) is 2.47. The van der Waals surface area contributed by atoms with E-state index in [4.69, 9.17) is 16.3 Å². The molecule has 1 aromatic heterocycles. The van der Waals surface area contributed by atoms with E-state index in [1.807, 2.05) is 12.1 Å². The Labute approximate surface area is 125 Å². The van der Waals surface area contributed by atoms with Crippen molar-refractivity contribution >= 4 is 23.5 Å². The maximum absolute atomic E-state index is 12.1. The molecule has 0 spiro atoms. The van der Waals surface area contributed by atoms with Crippen molar-refractivity contribution in [3.8, 4) is 0 Å². The number of hydrogen-bond donors (Lipinski definition) is 1. The number of tetrazole rings is 1. The van der Waals surface area contributed by atoms with E-state index in [1.54, 1.807) is 23.7 Å². The number of allylic oxidation sites excluding steroid dienone is 1. The molecule has 1 atom stereocenters. The largest absolute Gasteiger partial charge is 0.466 e. The van der Waals surface area contributed by atoms with Crippen LogP contribution in [0.1, 0.15) is 18.5 Å². The monoisotopic (exact) mass is 305 g/mol. The van der Waals surface area contributed by atoms with Gasteiger partial charge in [0.2, 0.25) is 5.95 Å². The number of anilines is 1. The first kappa shape index (κ1) is 13.6. The summed E-state index contributed by atoms with van der Waals surface area (Å²) in [5, 5.41) is 15.1. The number of esters is 1. The highest BCUT2D eigenvalue weighted by atomic mass is 35.5. The van der Waals surface area contributed by atoms with Gasteiger partial charge in [-0.3, -0.25) is 0 Å². The number of halogens is 1. The molecule has 21 heavy (non-hydrogen) atoms. The summed E-state index contributed by atoms with van der Waals surface area (Å²) in [5.41, 5.74) is 1.96. The molecular formula is C13H12ClN5O2. The first-order valence-electron chi connectivity index (χ1n) is 6.21. The van der Waals surface area contributed by atoms with Gasteiger partial charge in [-0.15, -0.1) is 0 Å². The average Bonchev–Trinajstić information content (AvgIpc) is 2.94. The number of hydrogen-bond acceptors (Lipinski definition) is 6. The second-order valence-electron chi connectivity index (χ2n) is 4.56. The van der Waals surface area contributed by atoms with Crippen LogP contribution in [0.3, 0.4) is 0 Å². The summed E-state index contributed by atoms with van der Waals surface area (Å²) in [5.74, 6) is 0.0428. The van der Waals surface area contributed by atoms with Crippen LogP contribution >= 0.6 is 11.6 Å². The number of carbonyl (C=O) groups is 1. The summed E-state index contributed by atoms with van der Waals surface area (Å²) in [6.45, 7) is 1.79. The third kappa shape index (κ3) is 2.25. The molecule has 0 amide bonds. The Morgan fingerprint density at radius 3 is 2.76 bits per heavy atom. The Kier molecular flexibility index (Phi) is 3.34. The Hall–Kier alpha value is -2.41. The van der Waals surface area contributed by atoms with Crippen molar-refractivity contribution in [1.29, 1.82) is 0 Å². The van der Waals surface area contributed by atoms with E-state index < -0.39 is 12.0 Å². The number of aromatic nitrogens is 4. The van der Waals surface area contributed by atoms with Crippen molar-refractivity contribution in [3.63, 3.8) is 0 Å². The maximum atomic E-state index is 12.1. The molecule has 7 nitrogen and oxygen atoms in total. The SMILES string of the molecule is COC(=O)C1=C(C)Nc2nnnn2C1c1ccc(Cl)cc1. The second kappa shape index (κ2) is 5.17. The summed E-state index contributed by atoms with van der Waals surface area (Å²) in [4.78, 5) is 12.1. The molecule has 0 saturated carbocycles. The van der Waals surface area contributed by atoms with Crippen molar-refractivity contribution in [2.45, 2.75) is 13.0 Å². The number of ether oxygens (including phenoxy) is 1. The first-order chi connectivity index (χ1) is 10.1. The zero-order valence-electron chi connectivity index (χ0n) is 11.4. The highest BCUT2D eigenvalue weighted by Gasteiger charge is 2.34. The Balaban J connectivity index is 2.17. The van der Waals surface area contributed by atoms with Gasteiger partial charge in [0, 0.05) is 10.7 Å². The van der Waals surface area contributed by atoms with Crippen LogP contribution in [-0.4, -0.2) is 33.3 Å². The lowest BCUT2D eigenvalue weighted by Gasteiger charge is -2.27. The molecule has 2 heterocycles. The van der Waals surface area contributed by atoms with Crippen LogP contribution in [0, 0.1) is 0 Å².